The second-order valence-electron chi connectivity index (χ2n) is 34.6. The molecule has 0 aromatic carbocycles. The third kappa shape index (κ3) is 117. The van der Waals surface area contributed by atoms with E-state index < -0.39 is 0 Å². The summed E-state index contributed by atoms with van der Waals surface area (Å²) in [4.78, 5) is 2.27. The molecule has 17 N–H and O–H groups in total. The van der Waals surface area contributed by atoms with Gasteiger partial charge in [0, 0.05) is 118 Å². The maximum Gasteiger partial charge on any atom is 0.0701 e. The molecule has 0 aromatic heterocycles. The number of aliphatic hydroxyl groups excluding tert-OH is 8. The molecule has 8 atom stereocenters. The van der Waals surface area contributed by atoms with Gasteiger partial charge >= 0.3 is 0 Å². The van der Waals surface area contributed by atoms with Gasteiger partial charge in [-0.05, 0) is 84.3 Å². The first kappa shape index (κ1) is 125. The van der Waals surface area contributed by atoms with Crippen molar-refractivity contribution in [2.45, 2.75) is 445 Å². The molecule has 728 valence electrons. The average molecular weight is 1720 g/mol. The van der Waals surface area contributed by atoms with Gasteiger partial charge in [-0.3, -0.25) is 0 Å². The van der Waals surface area contributed by atoms with Crippen molar-refractivity contribution >= 4 is 0 Å². The Kier molecular flexibility index (Phi) is 117. The molecule has 0 rings (SSSR count). The zero-order valence-corrected chi connectivity index (χ0v) is 81.1. The molecule has 120 heavy (non-hydrogen) atoms. The fraction of sp³-hybridized carbons (Fsp3) is 1.00. The highest BCUT2D eigenvalue weighted by molar-refractivity contribution is 4.68. The summed E-state index contributed by atoms with van der Waals surface area (Å²) >= 11 is 0. The lowest BCUT2D eigenvalue weighted by Crippen LogP contribution is -2.37. The summed E-state index contributed by atoms with van der Waals surface area (Å²) in [5.74, 6) is 0. The van der Waals surface area contributed by atoms with Crippen molar-refractivity contribution in [3.05, 3.63) is 0 Å². The van der Waals surface area contributed by atoms with Gasteiger partial charge in [0.15, 0.2) is 0 Å². The van der Waals surface area contributed by atoms with Gasteiger partial charge in [0.1, 0.15) is 0 Å². The molecule has 8 unspecified atom stereocenters. The van der Waals surface area contributed by atoms with Crippen molar-refractivity contribution in [2.24, 2.45) is 0 Å². The molecule has 22 heteroatoms. The van der Waals surface area contributed by atoms with Crippen LogP contribution < -0.4 is 47.9 Å². The van der Waals surface area contributed by atoms with Crippen LogP contribution in [0.3, 0.4) is 0 Å². The highest BCUT2D eigenvalue weighted by atomic mass is 16.5. The molecular formula is C98H214N10O12. The topological polar surface area (TPSA) is 310 Å². The molecular weight excluding hydrogens is 1510 g/mol. The van der Waals surface area contributed by atoms with E-state index in [4.69, 9.17) is 18.9 Å². The molecule has 0 aliphatic carbocycles. The molecule has 0 spiro atoms. The van der Waals surface area contributed by atoms with Crippen molar-refractivity contribution in [2.75, 3.05) is 191 Å². The van der Waals surface area contributed by atoms with Gasteiger partial charge in [-0.2, -0.15) is 0 Å². The van der Waals surface area contributed by atoms with E-state index in [0.717, 1.165) is 162 Å². The second kappa shape index (κ2) is 112. The van der Waals surface area contributed by atoms with Crippen LogP contribution in [0.1, 0.15) is 396 Å². The van der Waals surface area contributed by atoms with Crippen molar-refractivity contribution < 1.29 is 59.8 Å². The zero-order chi connectivity index (χ0) is 88.7. The maximum atomic E-state index is 10.1. The quantitative estimate of drug-likeness (QED) is 0.0252. The van der Waals surface area contributed by atoms with E-state index in [2.05, 4.69) is 87.5 Å². The summed E-state index contributed by atoms with van der Waals surface area (Å²) in [5.41, 5.74) is 0. The van der Waals surface area contributed by atoms with Crippen LogP contribution in [0.25, 0.3) is 0 Å². The first-order chi connectivity index (χ1) is 58.7. The number of nitrogens with zero attached hydrogens (tertiary/aromatic N) is 1. The lowest BCUT2D eigenvalue weighted by Gasteiger charge is -2.18. The predicted molar refractivity (Wildman–Crippen MR) is 515 cm³/mol. The van der Waals surface area contributed by atoms with Crippen LogP contribution in [0, 0.1) is 0 Å². The summed E-state index contributed by atoms with van der Waals surface area (Å²) in [5, 5.41) is 108. The molecule has 0 aliphatic heterocycles. The minimum absolute atomic E-state index is 0.181. The number of rotatable bonds is 99. The normalized spacial score (nSPS) is 13.7. The van der Waals surface area contributed by atoms with Crippen molar-refractivity contribution in [1.82, 2.24) is 52.8 Å². The monoisotopic (exact) mass is 1720 g/mol. The van der Waals surface area contributed by atoms with E-state index in [-0.39, 0.29) is 48.8 Å². The Bertz CT molecular complexity index is 1720. The molecule has 0 amide bonds. The lowest BCUT2D eigenvalue weighted by atomic mass is 10.0. The number of aliphatic hydroxyl groups is 8. The molecule has 0 heterocycles. The standard InChI is InChI=1S/C26H56N2O4.C25H55N3O2.C24H52N2O4.C23H51N3O2/c1-3-5-6-7-8-9-10-11-12-13-14-15-16-26(30)24-28-18-20-32-22-21-31-19-17-27-23-25(29)4-2;1-3-5-6-7-8-9-10-11-12-14-17-25(30)23-27-19-16-13-15-18-26-20-21-28-22-24(29)4-2;1-3-5-6-7-8-9-10-11-12-13-14-24(28)22-26-16-18-30-20-19-29-17-15-25-21-23(27)4-2;1-4-6-7-8-9-10-11-12-13-14-15-23(28)21-25-17-19-26(3)18-16-24-20-22(27)5-2/h25-30H,3-24H2,1-2H3;24-30H,3-23H2,1-2H3;23-28H,3-22H2,1-2H3;22-25,27-28H,4-21H2,1-3H3. The first-order valence-electron chi connectivity index (χ1n) is 51.5. The summed E-state index contributed by atoms with van der Waals surface area (Å²) < 4.78 is 22.0. The van der Waals surface area contributed by atoms with Gasteiger partial charge in [-0.15, -0.1) is 0 Å². The highest BCUT2D eigenvalue weighted by Crippen LogP contribution is 2.17. The molecule has 0 bridgehead atoms. The van der Waals surface area contributed by atoms with Crippen LogP contribution >= 0.6 is 0 Å². The summed E-state index contributed by atoms with van der Waals surface area (Å²) in [7, 11) is 2.11. The van der Waals surface area contributed by atoms with Crippen LogP contribution in [0.2, 0.25) is 0 Å². The summed E-state index contributed by atoms with van der Waals surface area (Å²) in [6.07, 6.45) is 64.9. The van der Waals surface area contributed by atoms with Gasteiger partial charge in [0.2, 0.25) is 0 Å². The highest BCUT2D eigenvalue weighted by Gasteiger charge is 2.10. The molecule has 0 fully saturated rings. The number of likely N-dealkylation sites (N-methyl/N-ethyl adjacent to an activating group) is 1. The van der Waals surface area contributed by atoms with Crippen molar-refractivity contribution in [3.63, 3.8) is 0 Å². The molecule has 0 radical (unpaired) electrons. The summed E-state index contributed by atoms with van der Waals surface area (Å²) in [6, 6.07) is 0. The Morgan fingerprint density at radius 1 is 0.183 bits per heavy atom. The van der Waals surface area contributed by atoms with Crippen LogP contribution in [0.15, 0.2) is 0 Å². The van der Waals surface area contributed by atoms with Crippen molar-refractivity contribution in [3.8, 4) is 0 Å². The first-order valence-corrected chi connectivity index (χ1v) is 51.5. The number of ether oxygens (including phenoxy) is 4. The third-order valence-corrected chi connectivity index (χ3v) is 22.5. The third-order valence-electron chi connectivity index (χ3n) is 22.5. The largest absolute Gasteiger partial charge is 0.392 e. The summed E-state index contributed by atoms with van der Waals surface area (Å²) in [6.45, 7) is 37.9. The zero-order valence-electron chi connectivity index (χ0n) is 81.1. The Balaban J connectivity index is -0.000000748. The lowest BCUT2D eigenvalue weighted by molar-refractivity contribution is 0.0479. The van der Waals surface area contributed by atoms with Gasteiger partial charge in [0.25, 0.3) is 0 Å². The number of hydrogen-bond acceptors (Lipinski definition) is 22. The molecule has 0 saturated heterocycles. The SMILES string of the molecule is CCCCCCCCCCCCC(O)CNCCCCCNCCNCC(O)CC.CCCCCCCCCCCCC(O)CNCCN(C)CCNCC(O)CC.CCCCCCCCCCCCC(O)CNCCOCCOCCNCC(O)CC.CCCCCCCCCCCCCCC(O)CNCCOCCOCCNCC(O)CC. The van der Waals surface area contributed by atoms with Crippen LogP contribution in [0.5, 0.6) is 0 Å². The van der Waals surface area contributed by atoms with Gasteiger partial charge in [-0.25, -0.2) is 0 Å². The molecule has 0 aromatic rings. The fourth-order valence-electron chi connectivity index (χ4n) is 13.8. The minimum Gasteiger partial charge on any atom is -0.392 e. The number of unbranched alkanes of at least 4 members (excludes halogenated alkanes) is 40. The maximum absolute atomic E-state index is 10.1. The van der Waals surface area contributed by atoms with E-state index in [9.17, 15) is 40.9 Å². The van der Waals surface area contributed by atoms with Crippen molar-refractivity contribution in [1.29, 1.82) is 0 Å². The molecule has 0 aliphatic rings. The molecule has 22 nitrogen and oxygen atoms in total. The smallest absolute Gasteiger partial charge is 0.0701 e. The molecule has 0 saturated carbocycles. The minimum atomic E-state index is -0.270. The second-order valence-corrected chi connectivity index (χ2v) is 34.6. The number of nitrogens with one attached hydrogen (secondary N) is 9. The Labute approximate surface area is 744 Å². The van der Waals surface area contributed by atoms with Crippen LogP contribution in [0.4, 0.5) is 0 Å². The van der Waals surface area contributed by atoms with E-state index in [1.54, 1.807) is 0 Å². The Hall–Kier alpha value is -0.880. The predicted octanol–water partition coefficient (Wildman–Crippen LogP) is 16.0. The van der Waals surface area contributed by atoms with E-state index >= 15 is 0 Å². The van der Waals surface area contributed by atoms with Crippen LogP contribution in [-0.2, 0) is 18.9 Å². The van der Waals surface area contributed by atoms with E-state index in [1.165, 1.54) is 263 Å². The van der Waals surface area contributed by atoms with E-state index in [1.807, 2.05) is 27.7 Å². The van der Waals surface area contributed by atoms with Gasteiger partial charge in [0.05, 0.1) is 102 Å². The van der Waals surface area contributed by atoms with Crippen LogP contribution in [-0.4, -0.2) is 285 Å². The average Bonchev–Trinajstić information content (AvgIpc) is 1.04. The Morgan fingerprint density at radius 2 is 0.358 bits per heavy atom. The Morgan fingerprint density at radius 3 is 0.592 bits per heavy atom. The van der Waals surface area contributed by atoms with Gasteiger partial charge < -0.3 is 113 Å². The van der Waals surface area contributed by atoms with Gasteiger partial charge in [-0.1, -0.05) is 331 Å². The fourth-order valence-corrected chi connectivity index (χ4v) is 13.8. The van der Waals surface area contributed by atoms with E-state index in [0.29, 0.717) is 98.7 Å². The number of hydrogen-bond donors (Lipinski definition) is 17.